The van der Waals surface area contributed by atoms with Crippen LogP contribution in [0.5, 0.6) is 0 Å². The lowest BCUT2D eigenvalue weighted by molar-refractivity contribution is 1.62. The summed E-state index contributed by atoms with van der Waals surface area (Å²) in [6, 6.07) is 76.4. The van der Waals surface area contributed by atoms with Crippen molar-refractivity contribution in [1.29, 1.82) is 0 Å². The third-order valence-electron chi connectivity index (χ3n) is 12.0. The van der Waals surface area contributed by atoms with Crippen LogP contribution in [-0.4, -0.2) is 0 Å². The molecular weight excluding hydrogens is 705 g/mol. The van der Waals surface area contributed by atoms with Crippen LogP contribution in [0.25, 0.3) is 119 Å². The molecule has 0 aliphatic rings. The number of fused-ring (bicyclic) bond motifs is 11. The quantitative estimate of drug-likeness (QED) is 0.125. The van der Waals surface area contributed by atoms with Crippen molar-refractivity contribution in [3.63, 3.8) is 0 Å². The lowest BCUT2D eigenvalue weighted by Gasteiger charge is -2.18. The van der Waals surface area contributed by atoms with Crippen LogP contribution in [0.15, 0.2) is 206 Å². The lowest BCUT2D eigenvalue weighted by Crippen LogP contribution is -1.91. The Bertz CT molecular complexity index is 3510. The molecule has 0 unspecified atom stereocenters. The molecule has 264 valence electrons. The van der Waals surface area contributed by atoms with Crippen LogP contribution < -0.4 is 0 Å². The minimum Gasteiger partial charge on any atom is -0.134 e. The molecule has 11 aromatic carbocycles. The molecule has 0 fully saturated rings. The summed E-state index contributed by atoms with van der Waals surface area (Å²) in [6.07, 6.45) is 0. The van der Waals surface area contributed by atoms with Gasteiger partial charge in [-0.1, -0.05) is 188 Å². The molecule has 0 aliphatic heterocycles. The molecule has 0 aliphatic carbocycles. The molecule has 1 heterocycles. The van der Waals surface area contributed by atoms with Gasteiger partial charge in [0.15, 0.2) is 0 Å². The van der Waals surface area contributed by atoms with Crippen LogP contribution in [-0.2, 0) is 0 Å². The van der Waals surface area contributed by atoms with Gasteiger partial charge in [-0.25, -0.2) is 0 Å². The molecule has 0 atom stereocenters. The SMILES string of the molecule is c1cc(-c2ccc3c(c2)sc2c4ccccc4c4ccccc4c32)cc(-c2c3ccccc3c(-c3ccc(-c4ccc5ccccc5c4)cc3)c3ccccc23)c1. The van der Waals surface area contributed by atoms with Crippen LogP contribution >= 0.6 is 11.3 Å². The highest BCUT2D eigenvalue weighted by Crippen LogP contribution is 2.47. The van der Waals surface area contributed by atoms with E-state index in [-0.39, 0.29) is 0 Å². The van der Waals surface area contributed by atoms with Gasteiger partial charge in [0.2, 0.25) is 0 Å². The van der Waals surface area contributed by atoms with Gasteiger partial charge in [0.05, 0.1) is 0 Å². The van der Waals surface area contributed by atoms with E-state index in [1.54, 1.807) is 0 Å². The summed E-state index contributed by atoms with van der Waals surface area (Å²) in [5.74, 6) is 0. The fourth-order valence-corrected chi connectivity index (χ4v) is 10.7. The summed E-state index contributed by atoms with van der Waals surface area (Å²) in [5, 5.41) is 15.6. The molecule has 57 heavy (non-hydrogen) atoms. The molecule has 0 bridgehead atoms. The summed E-state index contributed by atoms with van der Waals surface area (Å²) in [6.45, 7) is 0. The van der Waals surface area contributed by atoms with E-state index < -0.39 is 0 Å². The Morgan fingerprint density at radius 3 is 1.42 bits per heavy atom. The highest BCUT2D eigenvalue weighted by atomic mass is 32.1. The normalized spacial score (nSPS) is 11.9. The third-order valence-corrected chi connectivity index (χ3v) is 13.2. The Morgan fingerprint density at radius 2 is 0.719 bits per heavy atom. The smallest absolute Gasteiger partial charge is 0.0440 e. The van der Waals surface area contributed by atoms with E-state index in [1.807, 2.05) is 11.3 Å². The highest BCUT2D eigenvalue weighted by molar-refractivity contribution is 7.27. The number of benzene rings is 11. The molecule has 0 saturated carbocycles. The second-order valence-electron chi connectivity index (χ2n) is 15.2. The summed E-state index contributed by atoms with van der Waals surface area (Å²) >= 11 is 1.92. The van der Waals surface area contributed by atoms with Gasteiger partial charge in [-0.2, -0.15) is 0 Å². The molecule has 0 nitrogen and oxygen atoms in total. The Labute approximate surface area is 334 Å². The average Bonchev–Trinajstić information content (AvgIpc) is 3.68. The third kappa shape index (κ3) is 5.06. The van der Waals surface area contributed by atoms with Crippen LogP contribution in [0.3, 0.4) is 0 Å². The van der Waals surface area contributed by atoms with Crippen molar-refractivity contribution in [3.8, 4) is 44.5 Å². The molecule has 0 spiro atoms. The van der Waals surface area contributed by atoms with Crippen molar-refractivity contribution in [1.82, 2.24) is 0 Å². The van der Waals surface area contributed by atoms with Gasteiger partial charge in [0, 0.05) is 25.6 Å². The van der Waals surface area contributed by atoms with Crippen molar-refractivity contribution in [2.24, 2.45) is 0 Å². The average molecular weight is 739 g/mol. The standard InChI is InChI=1S/C56H34S/c1-2-13-38-32-40(29-26-35(38)12-1)36-24-27-37(28-25-36)53-46-19-6-8-21-48(46)54(49-22-9-7-20-47(49)53)42-15-11-14-39(33-42)41-30-31-51-52(34-41)57-56-50-23-10-4-17-44(50)43-16-3-5-18-45(43)55(51)56/h1-34H. The largest absolute Gasteiger partial charge is 0.134 e. The van der Waals surface area contributed by atoms with Gasteiger partial charge in [-0.05, 0) is 111 Å². The van der Waals surface area contributed by atoms with Crippen molar-refractivity contribution in [2.45, 2.75) is 0 Å². The van der Waals surface area contributed by atoms with Gasteiger partial charge >= 0.3 is 0 Å². The maximum Gasteiger partial charge on any atom is 0.0440 e. The molecule has 12 rings (SSSR count). The Balaban J connectivity index is 0.996. The first-order chi connectivity index (χ1) is 28.3. The van der Waals surface area contributed by atoms with Crippen LogP contribution in [0.2, 0.25) is 0 Å². The predicted octanol–water partition coefficient (Wildman–Crippen LogP) is 16.5. The number of rotatable bonds is 4. The van der Waals surface area contributed by atoms with Crippen molar-refractivity contribution in [2.75, 3.05) is 0 Å². The fraction of sp³-hybridized carbons (Fsp3) is 0. The molecule has 12 aromatic rings. The van der Waals surface area contributed by atoms with Gasteiger partial charge in [-0.15, -0.1) is 11.3 Å². The predicted molar refractivity (Wildman–Crippen MR) is 249 cm³/mol. The van der Waals surface area contributed by atoms with Crippen LogP contribution in [0, 0.1) is 0 Å². The van der Waals surface area contributed by atoms with E-state index in [0.717, 1.165) is 0 Å². The van der Waals surface area contributed by atoms with Gasteiger partial charge in [0.1, 0.15) is 0 Å². The maximum atomic E-state index is 2.41. The number of hydrogen-bond acceptors (Lipinski definition) is 1. The number of hydrogen-bond donors (Lipinski definition) is 0. The molecule has 1 heteroatoms. The molecule has 0 saturated heterocycles. The summed E-state index contributed by atoms with van der Waals surface area (Å²) in [4.78, 5) is 0. The molecule has 0 N–H and O–H groups in total. The van der Waals surface area contributed by atoms with Crippen LogP contribution in [0.1, 0.15) is 0 Å². The zero-order chi connectivity index (χ0) is 37.5. The molecule has 1 aromatic heterocycles. The highest BCUT2D eigenvalue weighted by Gasteiger charge is 2.18. The van der Waals surface area contributed by atoms with Gasteiger partial charge in [0.25, 0.3) is 0 Å². The van der Waals surface area contributed by atoms with Crippen LogP contribution in [0.4, 0.5) is 0 Å². The van der Waals surface area contributed by atoms with Gasteiger partial charge < -0.3 is 0 Å². The molecular formula is C56H34S. The van der Waals surface area contributed by atoms with Gasteiger partial charge in [-0.3, -0.25) is 0 Å². The monoisotopic (exact) mass is 738 g/mol. The fourth-order valence-electron chi connectivity index (χ4n) is 9.39. The zero-order valence-corrected chi connectivity index (χ0v) is 31.9. The Hall–Kier alpha value is -7.06. The first-order valence-electron chi connectivity index (χ1n) is 19.7. The summed E-state index contributed by atoms with van der Waals surface area (Å²) in [5.41, 5.74) is 9.93. The topological polar surface area (TPSA) is 0 Å². The zero-order valence-electron chi connectivity index (χ0n) is 31.0. The van der Waals surface area contributed by atoms with Crippen molar-refractivity contribution in [3.05, 3.63) is 206 Å². The minimum atomic E-state index is 1.22. The molecule has 0 radical (unpaired) electrons. The van der Waals surface area contributed by atoms with E-state index in [9.17, 15) is 0 Å². The van der Waals surface area contributed by atoms with E-state index in [1.165, 1.54) is 119 Å². The van der Waals surface area contributed by atoms with E-state index in [0.29, 0.717) is 0 Å². The summed E-state index contributed by atoms with van der Waals surface area (Å²) in [7, 11) is 0. The van der Waals surface area contributed by atoms with E-state index in [4.69, 9.17) is 0 Å². The lowest BCUT2D eigenvalue weighted by atomic mass is 9.85. The minimum absolute atomic E-state index is 1.22. The Morgan fingerprint density at radius 1 is 0.246 bits per heavy atom. The maximum absolute atomic E-state index is 2.41. The van der Waals surface area contributed by atoms with E-state index >= 15 is 0 Å². The van der Waals surface area contributed by atoms with Crippen molar-refractivity contribution >= 4 is 85.4 Å². The molecule has 0 amide bonds. The second-order valence-corrected chi connectivity index (χ2v) is 16.2. The van der Waals surface area contributed by atoms with Crippen molar-refractivity contribution < 1.29 is 0 Å². The van der Waals surface area contributed by atoms with E-state index in [2.05, 4.69) is 206 Å². The Kier molecular flexibility index (Phi) is 7.20. The first-order valence-corrected chi connectivity index (χ1v) is 20.5. The summed E-state index contributed by atoms with van der Waals surface area (Å²) < 4.78 is 2.69. The second kappa shape index (κ2) is 12.7. The number of thiophene rings is 1. The first kappa shape index (κ1) is 32.2.